The fraction of sp³-hybridized carbons (Fsp3) is 0. The second kappa shape index (κ2) is 13.0. The van der Waals surface area contributed by atoms with Gasteiger partial charge in [-0.25, -0.2) is 0 Å². The van der Waals surface area contributed by atoms with Crippen LogP contribution in [-0.2, 0) is 0 Å². The molecule has 2 heteroatoms. The molecule has 1 aromatic heterocycles. The standard InChI is InChI=1S/C48H33NS/c1-5-15-34(16-6-1)38-27-39(35-17-7-2-8-18-35)30-43(29-38)49(42-21-11-4-12-22-42)44-31-40(36-19-9-3-10-20-36)28-41(32-44)37-25-26-48-46(33-37)45-23-13-14-24-47(45)50-48/h1-33H. The smallest absolute Gasteiger partial charge is 0.0473 e. The zero-order valence-corrected chi connectivity index (χ0v) is 28.2. The molecule has 0 N–H and O–H groups in total. The summed E-state index contributed by atoms with van der Waals surface area (Å²) in [4.78, 5) is 2.41. The van der Waals surface area contributed by atoms with E-state index in [9.17, 15) is 0 Å². The Labute approximate surface area is 297 Å². The minimum atomic E-state index is 1.10. The summed E-state index contributed by atoms with van der Waals surface area (Å²) in [7, 11) is 0. The first-order valence-electron chi connectivity index (χ1n) is 17.0. The molecular weight excluding hydrogens is 623 g/mol. The summed E-state index contributed by atoms with van der Waals surface area (Å²) in [6.07, 6.45) is 0. The predicted molar refractivity (Wildman–Crippen MR) is 216 cm³/mol. The van der Waals surface area contributed by atoms with E-state index in [2.05, 4.69) is 205 Å². The normalized spacial score (nSPS) is 11.2. The van der Waals surface area contributed by atoms with Crippen molar-refractivity contribution in [2.45, 2.75) is 0 Å². The molecule has 0 aliphatic rings. The highest BCUT2D eigenvalue weighted by molar-refractivity contribution is 7.25. The maximum Gasteiger partial charge on any atom is 0.0473 e. The molecule has 9 aromatic rings. The summed E-state index contributed by atoms with van der Waals surface area (Å²) < 4.78 is 2.63. The Morgan fingerprint density at radius 2 is 0.680 bits per heavy atom. The highest BCUT2D eigenvalue weighted by Gasteiger charge is 2.18. The Morgan fingerprint density at radius 3 is 1.20 bits per heavy atom. The van der Waals surface area contributed by atoms with Crippen molar-refractivity contribution in [2.75, 3.05) is 4.90 Å². The Morgan fingerprint density at radius 1 is 0.260 bits per heavy atom. The maximum atomic E-state index is 2.41. The van der Waals surface area contributed by atoms with Gasteiger partial charge in [-0.2, -0.15) is 0 Å². The highest BCUT2D eigenvalue weighted by Crippen LogP contribution is 2.43. The Kier molecular flexibility index (Phi) is 7.77. The number of rotatable bonds is 7. The number of anilines is 3. The lowest BCUT2D eigenvalue weighted by molar-refractivity contribution is 1.28. The largest absolute Gasteiger partial charge is 0.310 e. The molecule has 1 nitrogen and oxygen atoms in total. The molecule has 0 saturated carbocycles. The van der Waals surface area contributed by atoms with Crippen LogP contribution in [0.5, 0.6) is 0 Å². The van der Waals surface area contributed by atoms with E-state index in [4.69, 9.17) is 0 Å². The van der Waals surface area contributed by atoms with Crippen LogP contribution in [0.15, 0.2) is 200 Å². The first-order valence-corrected chi connectivity index (χ1v) is 17.8. The molecule has 9 rings (SSSR count). The van der Waals surface area contributed by atoms with Crippen molar-refractivity contribution >= 4 is 48.6 Å². The van der Waals surface area contributed by atoms with Gasteiger partial charge in [0.05, 0.1) is 0 Å². The van der Waals surface area contributed by atoms with Crippen LogP contribution in [-0.4, -0.2) is 0 Å². The third-order valence-electron chi connectivity index (χ3n) is 9.40. The third kappa shape index (κ3) is 5.77. The van der Waals surface area contributed by atoms with Crippen LogP contribution in [0.2, 0.25) is 0 Å². The molecule has 0 bridgehead atoms. The minimum absolute atomic E-state index is 1.10. The number of fused-ring (bicyclic) bond motifs is 3. The molecule has 8 aromatic carbocycles. The fourth-order valence-electron chi connectivity index (χ4n) is 6.97. The van der Waals surface area contributed by atoms with E-state index in [1.165, 1.54) is 64.7 Å². The van der Waals surface area contributed by atoms with E-state index < -0.39 is 0 Å². The van der Waals surface area contributed by atoms with Crippen molar-refractivity contribution in [3.05, 3.63) is 200 Å². The Bertz CT molecular complexity index is 2510. The third-order valence-corrected chi connectivity index (χ3v) is 10.5. The van der Waals surface area contributed by atoms with Gasteiger partial charge in [-0.15, -0.1) is 11.3 Å². The first kappa shape index (κ1) is 29.9. The molecule has 0 aliphatic carbocycles. The predicted octanol–water partition coefficient (Wildman–Crippen LogP) is 14.2. The minimum Gasteiger partial charge on any atom is -0.310 e. The summed E-state index contributed by atoms with van der Waals surface area (Å²) in [6, 6.07) is 72.5. The average Bonchev–Trinajstić information content (AvgIpc) is 3.57. The number of hydrogen-bond donors (Lipinski definition) is 0. The van der Waals surface area contributed by atoms with Crippen LogP contribution in [0.25, 0.3) is 64.7 Å². The summed E-state index contributed by atoms with van der Waals surface area (Å²) in [5.74, 6) is 0. The van der Waals surface area contributed by atoms with Gasteiger partial charge in [-0.1, -0.05) is 133 Å². The number of hydrogen-bond acceptors (Lipinski definition) is 2. The highest BCUT2D eigenvalue weighted by atomic mass is 32.1. The number of para-hydroxylation sites is 1. The van der Waals surface area contributed by atoms with Crippen molar-refractivity contribution in [3.8, 4) is 44.5 Å². The van der Waals surface area contributed by atoms with E-state index in [0.717, 1.165) is 17.1 Å². The molecule has 0 aliphatic heterocycles. The van der Waals surface area contributed by atoms with Gasteiger partial charge in [0.2, 0.25) is 0 Å². The van der Waals surface area contributed by atoms with Gasteiger partial charge >= 0.3 is 0 Å². The summed E-state index contributed by atoms with van der Waals surface area (Å²) in [5.41, 5.74) is 12.8. The lowest BCUT2D eigenvalue weighted by Crippen LogP contribution is -2.10. The molecule has 0 spiro atoms. The van der Waals surface area contributed by atoms with Crippen molar-refractivity contribution < 1.29 is 0 Å². The van der Waals surface area contributed by atoms with Gasteiger partial charge in [-0.05, 0) is 111 Å². The van der Waals surface area contributed by atoms with Gasteiger partial charge in [0, 0.05) is 37.2 Å². The van der Waals surface area contributed by atoms with Crippen LogP contribution >= 0.6 is 11.3 Å². The average molecular weight is 656 g/mol. The zero-order valence-electron chi connectivity index (χ0n) is 27.4. The van der Waals surface area contributed by atoms with Crippen molar-refractivity contribution in [1.82, 2.24) is 0 Å². The topological polar surface area (TPSA) is 3.24 Å². The van der Waals surface area contributed by atoms with Crippen LogP contribution in [0.3, 0.4) is 0 Å². The van der Waals surface area contributed by atoms with Gasteiger partial charge in [0.15, 0.2) is 0 Å². The van der Waals surface area contributed by atoms with E-state index in [1.807, 2.05) is 11.3 Å². The molecule has 0 unspecified atom stereocenters. The molecule has 1 heterocycles. The molecular formula is C48H33NS. The van der Waals surface area contributed by atoms with Gasteiger partial charge in [-0.3, -0.25) is 0 Å². The molecule has 0 saturated heterocycles. The lowest BCUT2D eigenvalue weighted by atomic mass is 9.95. The van der Waals surface area contributed by atoms with Crippen LogP contribution in [0.1, 0.15) is 0 Å². The Hall–Kier alpha value is -6.22. The zero-order chi connectivity index (χ0) is 33.3. The molecule has 0 amide bonds. The Balaban J connectivity index is 1.29. The number of benzene rings is 8. The SMILES string of the molecule is c1ccc(-c2cc(-c3ccccc3)cc(N(c3ccccc3)c3cc(-c4ccccc4)cc(-c4ccc5sc6ccccc6c5c4)c3)c2)cc1. The number of thiophene rings is 1. The van der Waals surface area contributed by atoms with E-state index in [0.29, 0.717) is 0 Å². The maximum absolute atomic E-state index is 2.41. The molecule has 0 atom stereocenters. The quantitative estimate of drug-likeness (QED) is 0.165. The summed E-state index contributed by atoms with van der Waals surface area (Å²) in [6.45, 7) is 0. The second-order valence-electron chi connectivity index (χ2n) is 12.6. The van der Waals surface area contributed by atoms with Crippen molar-refractivity contribution in [1.29, 1.82) is 0 Å². The van der Waals surface area contributed by atoms with E-state index in [1.54, 1.807) is 0 Å². The van der Waals surface area contributed by atoms with Gasteiger partial charge in [0.25, 0.3) is 0 Å². The fourth-order valence-corrected chi connectivity index (χ4v) is 8.06. The van der Waals surface area contributed by atoms with Crippen LogP contribution in [0, 0.1) is 0 Å². The first-order chi connectivity index (χ1) is 24.8. The van der Waals surface area contributed by atoms with Crippen molar-refractivity contribution in [3.63, 3.8) is 0 Å². The van der Waals surface area contributed by atoms with Crippen molar-refractivity contribution in [2.24, 2.45) is 0 Å². The van der Waals surface area contributed by atoms with Crippen LogP contribution < -0.4 is 4.90 Å². The summed E-state index contributed by atoms with van der Waals surface area (Å²) in [5, 5.41) is 2.61. The number of nitrogens with zero attached hydrogens (tertiary/aromatic N) is 1. The van der Waals surface area contributed by atoms with Gasteiger partial charge in [0.1, 0.15) is 0 Å². The molecule has 50 heavy (non-hydrogen) atoms. The molecule has 236 valence electrons. The van der Waals surface area contributed by atoms with E-state index >= 15 is 0 Å². The second-order valence-corrected chi connectivity index (χ2v) is 13.7. The van der Waals surface area contributed by atoms with E-state index in [-0.39, 0.29) is 0 Å². The summed E-state index contributed by atoms with van der Waals surface area (Å²) >= 11 is 1.86. The lowest BCUT2D eigenvalue weighted by Gasteiger charge is -2.28. The van der Waals surface area contributed by atoms with Crippen LogP contribution in [0.4, 0.5) is 17.1 Å². The molecule has 0 radical (unpaired) electrons. The monoisotopic (exact) mass is 655 g/mol. The molecule has 0 fully saturated rings. The van der Waals surface area contributed by atoms with Gasteiger partial charge < -0.3 is 4.90 Å².